The van der Waals surface area contributed by atoms with Gasteiger partial charge >= 0.3 is 0 Å². The Hall–Kier alpha value is -3.55. The van der Waals surface area contributed by atoms with Gasteiger partial charge in [0.15, 0.2) is 5.69 Å². The van der Waals surface area contributed by atoms with Crippen LogP contribution in [0.15, 0.2) is 52.7 Å². The number of rotatable bonds is 4. The first-order valence-corrected chi connectivity index (χ1v) is 7.53. The van der Waals surface area contributed by atoms with Gasteiger partial charge in [0.25, 0.3) is 11.6 Å². The summed E-state index contributed by atoms with van der Waals surface area (Å²) in [5.41, 5.74) is 1.72. The Morgan fingerprint density at radius 2 is 2.08 bits per heavy atom. The van der Waals surface area contributed by atoms with E-state index in [-0.39, 0.29) is 22.8 Å². The number of hydrogen-bond acceptors (Lipinski definition) is 5. The molecule has 0 spiro atoms. The van der Waals surface area contributed by atoms with Gasteiger partial charge in [-0.05, 0) is 30.2 Å². The van der Waals surface area contributed by atoms with Crippen molar-refractivity contribution >= 4 is 28.2 Å². The first-order valence-electron chi connectivity index (χ1n) is 7.53. The average Bonchev–Trinajstić information content (AvgIpc) is 2.93. The SMILES string of the molecule is CCc1ccc2[nH]c(O)c(N=NC(=O)c3cccc([N+](=O)[O-])c3)c2c1. The lowest BCUT2D eigenvalue weighted by Gasteiger charge is -1.97. The quantitative estimate of drug-likeness (QED) is 0.419. The topological polar surface area (TPSA) is 121 Å². The lowest BCUT2D eigenvalue weighted by atomic mass is 10.1. The smallest absolute Gasteiger partial charge is 0.295 e. The number of H-pyrrole nitrogens is 1. The van der Waals surface area contributed by atoms with E-state index in [0.29, 0.717) is 10.9 Å². The van der Waals surface area contributed by atoms with E-state index in [9.17, 15) is 20.0 Å². The van der Waals surface area contributed by atoms with Crippen molar-refractivity contribution in [3.8, 4) is 5.88 Å². The molecule has 126 valence electrons. The number of nitrogens with zero attached hydrogens (tertiary/aromatic N) is 3. The maximum absolute atomic E-state index is 12.1. The van der Waals surface area contributed by atoms with Crippen LogP contribution in [-0.4, -0.2) is 20.9 Å². The Morgan fingerprint density at radius 1 is 1.28 bits per heavy atom. The second kappa shape index (κ2) is 6.52. The molecule has 1 heterocycles. The third kappa shape index (κ3) is 3.23. The van der Waals surface area contributed by atoms with Crippen LogP contribution in [-0.2, 0) is 6.42 Å². The summed E-state index contributed by atoms with van der Waals surface area (Å²) in [5, 5.41) is 28.8. The minimum atomic E-state index is -0.732. The molecule has 0 atom stereocenters. The summed E-state index contributed by atoms with van der Waals surface area (Å²) < 4.78 is 0. The summed E-state index contributed by atoms with van der Waals surface area (Å²) in [6, 6.07) is 10.8. The number of aromatic nitrogens is 1. The number of aryl methyl sites for hydroxylation is 1. The van der Waals surface area contributed by atoms with Crippen LogP contribution >= 0.6 is 0 Å². The van der Waals surface area contributed by atoms with Crippen molar-refractivity contribution in [2.45, 2.75) is 13.3 Å². The van der Waals surface area contributed by atoms with E-state index >= 15 is 0 Å². The van der Waals surface area contributed by atoms with Gasteiger partial charge in [0.1, 0.15) is 0 Å². The second-order valence-corrected chi connectivity index (χ2v) is 5.37. The molecule has 1 aromatic heterocycles. The Labute approximate surface area is 142 Å². The summed E-state index contributed by atoms with van der Waals surface area (Å²) >= 11 is 0. The van der Waals surface area contributed by atoms with Gasteiger partial charge in [0, 0.05) is 17.5 Å². The number of nitro groups is 1. The van der Waals surface area contributed by atoms with Gasteiger partial charge in [-0.3, -0.25) is 14.9 Å². The van der Waals surface area contributed by atoms with E-state index in [2.05, 4.69) is 15.2 Å². The number of amides is 1. The molecule has 8 nitrogen and oxygen atoms in total. The zero-order chi connectivity index (χ0) is 18.0. The van der Waals surface area contributed by atoms with Gasteiger partial charge in [0.2, 0.25) is 5.88 Å². The lowest BCUT2D eigenvalue weighted by molar-refractivity contribution is -0.384. The number of carbonyl (C=O) groups excluding carboxylic acids is 1. The molecular weight excluding hydrogens is 324 g/mol. The summed E-state index contributed by atoms with van der Waals surface area (Å²) in [7, 11) is 0. The molecule has 3 rings (SSSR count). The van der Waals surface area contributed by atoms with E-state index in [1.54, 1.807) is 0 Å². The fraction of sp³-hybridized carbons (Fsp3) is 0.118. The van der Waals surface area contributed by atoms with Crippen LogP contribution in [0.5, 0.6) is 5.88 Å². The van der Waals surface area contributed by atoms with Crippen molar-refractivity contribution < 1.29 is 14.8 Å². The lowest BCUT2D eigenvalue weighted by Crippen LogP contribution is -1.95. The highest BCUT2D eigenvalue weighted by Crippen LogP contribution is 2.36. The van der Waals surface area contributed by atoms with Gasteiger partial charge < -0.3 is 10.1 Å². The first-order chi connectivity index (χ1) is 12.0. The maximum atomic E-state index is 12.1. The molecule has 0 saturated heterocycles. The molecule has 0 aliphatic rings. The molecule has 0 bridgehead atoms. The normalized spacial score (nSPS) is 11.2. The number of hydrogen-bond donors (Lipinski definition) is 2. The molecule has 25 heavy (non-hydrogen) atoms. The van der Waals surface area contributed by atoms with E-state index < -0.39 is 10.8 Å². The monoisotopic (exact) mass is 338 g/mol. The zero-order valence-corrected chi connectivity index (χ0v) is 13.3. The van der Waals surface area contributed by atoms with Gasteiger partial charge in [-0.1, -0.05) is 19.1 Å². The van der Waals surface area contributed by atoms with Gasteiger partial charge in [-0.25, -0.2) is 0 Å². The zero-order valence-electron chi connectivity index (χ0n) is 13.3. The molecular formula is C17H14N4O4. The summed E-state index contributed by atoms with van der Waals surface area (Å²) in [4.78, 5) is 25.1. The largest absolute Gasteiger partial charge is 0.493 e. The van der Waals surface area contributed by atoms with E-state index in [0.717, 1.165) is 18.1 Å². The number of non-ortho nitro benzene ring substituents is 1. The summed E-state index contributed by atoms with van der Waals surface area (Å²) in [6.07, 6.45) is 0.811. The molecule has 3 aromatic rings. The average molecular weight is 338 g/mol. The molecule has 8 heteroatoms. The van der Waals surface area contributed by atoms with Crippen LogP contribution in [0, 0.1) is 10.1 Å². The Morgan fingerprint density at radius 3 is 2.80 bits per heavy atom. The van der Waals surface area contributed by atoms with Crippen LogP contribution in [0.3, 0.4) is 0 Å². The predicted molar refractivity (Wildman–Crippen MR) is 91.3 cm³/mol. The number of aromatic amines is 1. The Bertz CT molecular complexity index is 1010. The minimum absolute atomic E-state index is 0.0477. The standard InChI is InChI=1S/C17H14N4O4/c1-2-10-6-7-14-13(8-10)15(17(23)18-14)19-20-16(22)11-4-3-5-12(9-11)21(24)25/h3-9,18,23H,2H2,1H3. The molecule has 0 unspecified atom stereocenters. The Balaban J connectivity index is 1.95. The summed E-state index contributed by atoms with van der Waals surface area (Å²) in [5.74, 6) is -0.928. The van der Waals surface area contributed by atoms with E-state index in [1.165, 1.54) is 18.2 Å². The third-order valence-electron chi connectivity index (χ3n) is 3.77. The van der Waals surface area contributed by atoms with E-state index in [4.69, 9.17) is 0 Å². The number of azo groups is 1. The third-order valence-corrected chi connectivity index (χ3v) is 3.77. The fourth-order valence-electron chi connectivity index (χ4n) is 2.44. The minimum Gasteiger partial charge on any atom is -0.493 e. The number of carbonyl (C=O) groups is 1. The fourth-order valence-corrected chi connectivity index (χ4v) is 2.44. The molecule has 0 aliphatic heterocycles. The highest BCUT2D eigenvalue weighted by atomic mass is 16.6. The number of benzene rings is 2. The van der Waals surface area contributed by atoms with Gasteiger partial charge in [-0.2, -0.15) is 0 Å². The second-order valence-electron chi connectivity index (χ2n) is 5.37. The van der Waals surface area contributed by atoms with Crippen molar-refractivity contribution in [2.75, 3.05) is 0 Å². The molecule has 0 saturated carbocycles. The maximum Gasteiger partial charge on any atom is 0.295 e. The molecule has 0 fully saturated rings. The summed E-state index contributed by atoms with van der Waals surface area (Å²) in [6.45, 7) is 2.00. The van der Waals surface area contributed by atoms with Crippen molar-refractivity contribution in [1.82, 2.24) is 4.98 Å². The molecule has 2 aromatic carbocycles. The van der Waals surface area contributed by atoms with Gasteiger partial charge in [-0.15, -0.1) is 10.2 Å². The van der Waals surface area contributed by atoms with Crippen LogP contribution in [0.4, 0.5) is 11.4 Å². The highest BCUT2D eigenvalue weighted by Gasteiger charge is 2.14. The van der Waals surface area contributed by atoms with Crippen LogP contribution in [0.25, 0.3) is 10.9 Å². The Kier molecular flexibility index (Phi) is 4.25. The molecule has 1 amide bonds. The van der Waals surface area contributed by atoms with Crippen LogP contribution < -0.4 is 0 Å². The van der Waals surface area contributed by atoms with Gasteiger partial charge in [0.05, 0.1) is 16.0 Å². The van der Waals surface area contributed by atoms with Crippen LogP contribution in [0.2, 0.25) is 0 Å². The molecule has 0 aliphatic carbocycles. The molecule has 2 N–H and O–H groups in total. The number of fused-ring (bicyclic) bond motifs is 1. The first kappa shape index (κ1) is 16.3. The number of nitro benzene ring substituents is 1. The van der Waals surface area contributed by atoms with Crippen LogP contribution in [0.1, 0.15) is 22.8 Å². The highest BCUT2D eigenvalue weighted by molar-refractivity contribution is 5.97. The van der Waals surface area contributed by atoms with Crippen molar-refractivity contribution in [3.63, 3.8) is 0 Å². The van der Waals surface area contributed by atoms with Crippen molar-refractivity contribution in [1.29, 1.82) is 0 Å². The van der Waals surface area contributed by atoms with Crippen molar-refractivity contribution in [3.05, 3.63) is 63.7 Å². The molecule has 0 radical (unpaired) electrons. The van der Waals surface area contributed by atoms with E-state index in [1.807, 2.05) is 25.1 Å². The van der Waals surface area contributed by atoms with Crippen molar-refractivity contribution in [2.24, 2.45) is 10.2 Å². The number of nitrogens with one attached hydrogen (secondary N) is 1. The predicted octanol–water partition coefficient (Wildman–Crippen LogP) is 4.27. The number of aromatic hydroxyl groups is 1.